The Morgan fingerprint density at radius 1 is 1.46 bits per heavy atom. The fourth-order valence-electron chi connectivity index (χ4n) is 2.91. The van der Waals surface area contributed by atoms with Gasteiger partial charge >= 0.3 is 5.97 Å². The second-order valence-electron chi connectivity index (χ2n) is 5.98. The van der Waals surface area contributed by atoms with E-state index in [1.54, 1.807) is 6.20 Å². The van der Waals surface area contributed by atoms with Crippen molar-refractivity contribution < 1.29 is 14.3 Å². The average Bonchev–Trinajstić information content (AvgIpc) is 3.09. The second-order valence-corrected chi connectivity index (χ2v) is 6.89. The number of piperidine rings is 1. The molecule has 0 radical (unpaired) electrons. The Kier molecular flexibility index (Phi) is 5.96. The van der Waals surface area contributed by atoms with Gasteiger partial charge in [0.15, 0.2) is 0 Å². The maximum atomic E-state index is 11.5. The number of nitrogens with zero attached hydrogens (tertiary/aromatic N) is 2. The molecule has 2 aromatic rings. The predicted octanol–water partition coefficient (Wildman–Crippen LogP) is 3.11. The number of likely N-dealkylation sites (tertiary alicyclic amines) is 1. The second kappa shape index (κ2) is 8.37. The fraction of sp³-hybridized carbons (Fsp3) is 0.444. The van der Waals surface area contributed by atoms with Crippen molar-refractivity contribution in [2.75, 3.05) is 20.2 Å². The number of methoxy groups -OCH3 is 1. The molecule has 0 saturated carbocycles. The predicted molar refractivity (Wildman–Crippen MR) is 93.0 cm³/mol. The molecule has 1 saturated heterocycles. The molecule has 6 heteroatoms. The van der Waals surface area contributed by atoms with Crippen LogP contribution in [0.3, 0.4) is 0 Å². The number of hydrogen-bond donors (Lipinski definition) is 0. The molecule has 1 atom stereocenters. The highest BCUT2D eigenvalue weighted by Gasteiger charge is 2.21. The Morgan fingerprint density at radius 2 is 2.38 bits per heavy atom. The molecule has 0 bridgehead atoms. The first kappa shape index (κ1) is 17.1. The van der Waals surface area contributed by atoms with Gasteiger partial charge in [-0.2, -0.15) is 0 Å². The third-order valence-electron chi connectivity index (χ3n) is 4.12. The molecule has 0 aromatic carbocycles. The van der Waals surface area contributed by atoms with Crippen LogP contribution in [-0.4, -0.2) is 42.2 Å². The zero-order valence-electron chi connectivity index (χ0n) is 13.8. The van der Waals surface area contributed by atoms with E-state index in [0.29, 0.717) is 11.5 Å². The number of esters is 1. The van der Waals surface area contributed by atoms with Crippen molar-refractivity contribution in [1.82, 2.24) is 9.88 Å². The summed E-state index contributed by atoms with van der Waals surface area (Å²) in [5.74, 6) is -0.262. The van der Waals surface area contributed by atoms with Crippen molar-refractivity contribution in [1.29, 1.82) is 0 Å². The summed E-state index contributed by atoms with van der Waals surface area (Å²) >= 11 is 1.44. The minimum Gasteiger partial charge on any atom is -0.465 e. The lowest BCUT2D eigenvalue weighted by Crippen LogP contribution is -2.39. The smallest absolute Gasteiger partial charge is 0.348 e. The maximum Gasteiger partial charge on any atom is 0.348 e. The van der Waals surface area contributed by atoms with Gasteiger partial charge in [0.05, 0.1) is 19.8 Å². The quantitative estimate of drug-likeness (QED) is 0.752. The van der Waals surface area contributed by atoms with E-state index in [0.717, 1.165) is 43.6 Å². The highest BCUT2D eigenvalue weighted by molar-refractivity contribution is 7.12. The number of carbonyl (C=O) groups excluding carboxylic acids is 1. The lowest BCUT2D eigenvalue weighted by atomic mass is 10.1. The van der Waals surface area contributed by atoms with Gasteiger partial charge in [0.2, 0.25) is 0 Å². The summed E-state index contributed by atoms with van der Waals surface area (Å²) in [5, 5.41) is 2.03. The van der Waals surface area contributed by atoms with Gasteiger partial charge < -0.3 is 9.47 Å². The van der Waals surface area contributed by atoms with Crippen molar-refractivity contribution in [3.05, 3.63) is 52.0 Å². The Bertz CT molecular complexity index is 659. The molecule has 1 fully saturated rings. The van der Waals surface area contributed by atoms with Crippen LogP contribution in [0.15, 0.2) is 36.0 Å². The molecule has 1 aliphatic heterocycles. The van der Waals surface area contributed by atoms with Gasteiger partial charge in [-0.1, -0.05) is 6.07 Å². The van der Waals surface area contributed by atoms with Crippen LogP contribution in [0.1, 0.15) is 33.6 Å². The summed E-state index contributed by atoms with van der Waals surface area (Å²) < 4.78 is 10.8. The normalized spacial score (nSPS) is 18.5. The van der Waals surface area contributed by atoms with Crippen molar-refractivity contribution in [2.45, 2.75) is 32.1 Å². The Labute approximate surface area is 146 Å². The van der Waals surface area contributed by atoms with Gasteiger partial charge in [-0.15, -0.1) is 11.3 Å². The molecule has 3 heterocycles. The fourth-order valence-corrected chi connectivity index (χ4v) is 3.73. The largest absolute Gasteiger partial charge is 0.465 e. The standard InChI is InChI=1S/C18H22N2O3S/c1-22-18(21)17-8-15(13-24-17)10-20-7-3-5-16(11-20)23-12-14-4-2-6-19-9-14/h2,4,6,8-9,13,16H,3,5,7,10-12H2,1H3/t16-/m1/s1. The van der Waals surface area contributed by atoms with E-state index in [-0.39, 0.29) is 12.1 Å². The van der Waals surface area contributed by atoms with E-state index in [4.69, 9.17) is 9.47 Å². The number of ether oxygens (including phenoxy) is 2. The van der Waals surface area contributed by atoms with Crippen molar-refractivity contribution in [2.24, 2.45) is 0 Å². The van der Waals surface area contributed by atoms with E-state index in [9.17, 15) is 4.79 Å². The molecular weight excluding hydrogens is 324 g/mol. The molecule has 0 spiro atoms. The number of pyridine rings is 1. The average molecular weight is 346 g/mol. The molecule has 24 heavy (non-hydrogen) atoms. The van der Waals surface area contributed by atoms with Gasteiger partial charge in [0, 0.05) is 25.5 Å². The van der Waals surface area contributed by atoms with Crippen LogP contribution >= 0.6 is 11.3 Å². The summed E-state index contributed by atoms with van der Waals surface area (Å²) in [5.41, 5.74) is 2.27. The van der Waals surface area contributed by atoms with Crippen molar-refractivity contribution in [3.63, 3.8) is 0 Å². The minimum atomic E-state index is -0.262. The molecular formula is C18H22N2O3S. The topological polar surface area (TPSA) is 51.7 Å². The highest BCUT2D eigenvalue weighted by Crippen LogP contribution is 2.21. The third kappa shape index (κ3) is 4.63. The summed E-state index contributed by atoms with van der Waals surface area (Å²) in [6.07, 6.45) is 6.09. The van der Waals surface area contributed by atoms with Crippen molar-refractivity contribution in [3.8, 4) is 0 Å². The number of hydrogen-bond acceptors (Lipinski definition) is 6. The molecule has 0 unspecified atom stereocenters. The van der Waals surface area contributed by atoms with E-state index in [1.165, 1.54) is 18.4 Å². The van der Waals surface area contributed by atoms with Gasteiger partial charge in [-0.3, -0.25) is 9.88 Å². The molecule has 0 amide bonds. The zero-order valence-corrected chi connectivity index (χ0v) is 14.6. The Morgan fingerprint density at radius 3 is 3.17 bits per heavy atom. The lowest BCUT2D eigenvalue weighted by Gasteiger charge is -2.32. The molecule has 0 N–H and O–H groups in total. The first-order valence-electron chi connectivity index (χ1n) is 8.13. The lowest BCUT2D eigenvalue weighted by molar-refractivity contribution is -0.0121. The van der Waals surface area contributed by atoms with Crippen LogP contribution in [0.4, 0.5) is 0 Å². The molecule has 3 rings (SSSR count). The van der Waals surface area contributed by atoms with E-state index in [2.05, 4.69) is 9.88 Å². The van der Waals surface area contributed by atoms with E-state index < -0.39 is 0 Å². The van der Waals surface area contributed by atoms with Crippen LogP contribution in [-0.2, 0) is 22.6 Å². The van der Waals surface area contributed by atoms with Crippen LogP contribution in [0.25, 0.3) is 0 Å². The summed E-state index contributed by atoms with van der Waals surface area (Å²) in [6.45, 7) is 3.44. The Balaban J connectivity index is 1.50. The van der Waals surface area contributed by atoms with Crippen molar-refractivity contribution >= 4 is 17.3 Å². The monoisotopic (exact) mass is 346 g/mol. The molecule has 1 aliphatic rings. The number of carbonyl (C=O) groups is 1. The van der Waals surface area contributed by atoms with Crippen LogP contribution in [0, 0.1) is 0 Å². The highest BCUT2D eigenvalue weighted by atomic mass is 32.1. The maximum absolute atomic E-state index is 11.5. The SMILES string of the molecule is COC(=O)c1cc(CN2CCC[C@@H](OCc3cccnc3)C2)cs1. The van der Waals surface area contributed by atoms with Gasteiger partial charge in [0.1, 0.15) is 4.88 Å². The molecule has 2 aromatic heterocycles. The summed E-state index contributed by atoms with van der Waals surface area (Å²) in [7, 11) is 1.41. The van der Waals surface area contributed by atoms with E-state index in [1.807, 2.05) is 29.8 Å². The zero-order chi connectivity index (χ0) is 16.8. The number of rotatable bonds is 6. The van der Waals surface area contributed by atoms with Gasteiger partial charge in [-0.25, -0.2) is 4.79 Å². The summed E-state index contributed by atoms with van der Waals surface area (Å²) in [6, 6.07) is 5.89. The Hall–Kier alpha value is -1.76. The third-order valence-corrected chi connectivity index (χ3v) is 5.08. The summed E-state index contributed by atoms with van der Waals surface area (Å²) in [4.78, 5) is 18.7. The number of aromatic nitrogens is 1. The molecule has 128 valence electrons. The van der Waals surface area contributed by atoms with Gasteiger partial charge in [-0.05, 0) is 48.0 Å². The molecule has 5 nitrogen and oxygen atoms in total. The van der Waals surface area contributed by atoms with E-state index >= 15 is 0 Å². The van der Waals surface area contributed by atoms with Crippen LogP contribution < -0.4 is 0 Å². The van der Waals surface area contributed by atoms with Crippen LogP contribution in [0.2, 0.25) is 0 Å². The molecule has 0 aliphatic carbocycles. The van der Waals surface area contributed by atoms with Crippen LogP contribution in [0.5, 0.6) is 0 Å². The van der Waals surface area contributed by atoms with Gasteiger partial charge in [0.25, 0.3) is 0 Å². The number of thiophene rings is 1. The minimum absolute atomic E-state index is 0.248. The first-order valence-corrected chi connectivity index (χ1v) is 9.01. The first-order chi connectivity index (χ1) is 11.7.